The zero-order valence-corrected chi connectivity index (χ0v) is 11.7. The molecule has 1 atom stereocenters. The van der Waals surface area contributed by atoms with Gasteiger partial charge in [0.2, 0.25) is 10.0 Å². The topological polar surface area (TPSA) is 50.3 Å². The summed E-state index contributed by atoms with van der Waals surface area (Å²) in [5, 5.41) is 1.44. The van der Waals surface area contributed by atoms with Crippen LogP contribution in [0.25, 0.3) is 10.8 Å². The van der Waals surface area contributed by atoms with E-state index in [-0.39, 0.29) is 5.38 Å². The van der Waals surface area contributed by atoms with Crippen LogP contribution < -0.4 is 0 Å². The molecule has 0 spiro atoms. The molecule has 2 heterocycles. The molecule has 1 aliphatic rings. The number of sulfonamides is 1. The third-order valence-corrected chi connectivity index (χ3v) is 5.63. The number of hydrogen-bond donors (Lipinski definition) is 0. The summed E-state index contributed by atoms with van der Waals surface area (Å²) in [6.45, 7) is 0.864. The molecule has 0 radical (unpaired) electrons. The first-order valence-corrected chi connectivity index (χ1v) is 7.93. The smallest absolute Gasteiger partial charge is 0.243 e. The van der Waals surface area contributed by atoms with Gasteiger partial charge in [0, 0.05) is 41.6 Å². The number of fused-ring (bicyclic) bond motifs is 1. The minimum atomic E-state index is -3.48. The molecule has 2 aromatic rings. The van der Waals surface area contributed by atoms with Crippen molar-refractivity contribution < 1.29 is 8.42 Å². The molecule has 100 valence electrons. The molecule has 1 saturated heterocycles. The van der Waals surface area contributed by atoms with Gasteiger partial charge in [-0.1, -0.05) is 12.1 Å². The van der Waals surface area contributed by atoms with Crippen molar-refractivity contribution in [1.82, 2.24) is 9.29 Å². The molecular formula is C13H13ClN2O2S. The fourth-order valence-corrected chi connectivity index (χ4v) is 4.42. The highest BCUT2D eigenvalue weighted by Gasteiger charge is 2.32. The highest BCUT2D eigenvalue weighted by atomic mass is 35.5. The Morgan fingerprint density at radius 1 is 1.32 bits per heavy atom. The van der Waals surface area contributed by atoms with Crippen LogP contribution in [0.2, 0.25) is 0 Å². The summed E-state index contributed by atoms with van der Waals surface area (Å²) >= 11 is 6.00. The fourth-order valence-electron chi connectivity index (χ4n) is 2.36. The maximum absolute atomic E-state index is 12.6. The van der Waals surface area contributed by atoms with Crippen LogP contribution in [-0.4, -0.2) is 36.2 Å². The number of pyridine rings is 1. The van der Waals surface area contributed by atoms with Crippen LogP contribution in [0.5, 0.6) is 0 Å². The van der Waals surface area contributed by atoms with Crippen LogP contribution in [0, 0.1) is 0 Å². The predicted octanol–water partition coefficient (Wildman–Crippen LogP) is 2.24. The van der Waals surface area contributed by atoms with Crippen molar-refractivity contribution in [3.8, 4) is 0 Å². The average molecular weight is 297 g/mol. The van der Waals surface area contributed by atoms with Crippen LogP contribution in [-0.2, 0) is 10.0 Å². The average Bonchev–Trinajstić information content (AvgIpc) is 2.85. The van der Waals surface area contributed by atoms with Gasteiger partial charge < -0.3 is 0 Å². The van der Waals surface area contributed by atoms with Crippen molar-refractivity contribution in [3.05, 3.63) is 36.7 Å². The number of hydrogen-bond acceptors (Lipinski definition) is 3. The van der Waals surface area contributed by atoms with Crippen LogP contribution >= 0.6 is 11.6 Å². The lowest BCUT2D eigenvalue weighted by Gasteiger charge is -2.17. The monoisotopic (exact) mass is 296 g/mol. The van der Waals surface area contributed by atoms with Crippen molar-refractivity contribution in [2.75, 3.05) is 13.1 Å². The van der Waals surface area contributed by atoms with Gasteiger partial charge in [0.05, 0.1) is 4.90 Å². The van der Waals surface area contributed by atoms with Gasteiger partial charge in [-0.2, -0.15) is 4.31 Å². The molecule has 19 heavy (non-hydrogen) atoms. The SMILES string of the molecule is O=S(=O)(c1cccc2cnccc12)N1CCC(Cl)C1. The van der Waals surface area contributed by atoms with Gasteiger partial charge in [-0.05, 0) is 18.6 Å². The number of nitrogens with zero attached hydrogens (tertiary/aromatic N) is 2. The summed E-state index contributed by atoms with van der Waals surface area (Å²) in [5.74, 6) is 0. The molecule has 0 saturated carbocycles. The van der Waals surface area contributed by atoms with Crippen molar-refractivity contribution in [3.63, 3.8) is 0 Å². The Morgan fingerprint density at radius 2 is 2.16 bits per heavy atom. The Kier molecular flexibility index (Phi) is 3.20. The van der Waals surface area contributed by atoms with E-state index < -0.39 is 10.0 Å². The molecule has 4 nitrogen and oxygen atoms in total. The largest absolute Gasteiger partial charge is 0.264 e. The van der Waals surface area contributed by atoms with Gasteiger partial charge in [-0.3, -0.25) is 4.98 Å². The molecule has 1 aromatic carbocycles. The minimum absolute atomic E-state index is 0.0913. The maximum Gasteiger partial charge on any atom is 0.243 e. The summed E-state index contributed by atoms with van der Waals surface area (Å²) in [4.78, 5) is 4.35. The number of benzene rings is 1. The summed E-state index contributed by atoms with van der Waals surface area (Å²) in [7, 11) is -3.48. The van der Waals surface area contributed by atoms with Crippen molar-refractivity contribution in [2.45, 2.75) is 16.7 Å². The predicted molar refractivity (Wildman–Crippen MR) is 74.8 cm³/mol. The number of halogens is 1. The zero-order chi connectivity index (χ0) is 13.5. The zero-order valence-electron chi connectivity index (χ0n) is 10.2. The summed E-state index contributed by atoms with van der Waals surface area (Å²) < 4.78 is 26.7. The highest BCUT2D eigenvalue weighted by Crippen LogP contribution is 2.28. The molecular weight excluding hydrogens is 284 g/mol. The van der Waals surface area contributed by atoms with E-state index in [1.165, 1.54) is 4.31 Å². The van der Waals surface area contributed by atoms with Gasteiger partial charge >= 0.3 is 0 Å². The van der Waals surface area contributed by atoms with Crippen LogP contribution in [0.15, 0.2) is 41.6 Å². The molecule has 1 unspecified atom stereocenters. The van der Waals surface area contributed by atoms with Gasteiger partial charge in [-0.15, -0.1) is 11.6 Å². The van der Waals surface area contributed by atoms with Gasteiger partial charge in [0.1, 0.15) is 0 Å². The first-order valence-electron chi connectivity index (χ1n) is 6.06. The number of alkyl halides is 1. The Bertz CT molecular complexity index is 712. The van der Waals surface area contributed by atoms with Crippen LogP contribution in [0.4, 0.5) is 0 Å². The van der Waals surface area contributed by atoms with Crippen molar-refractivity contribution >= 4 is 32.4 Å². The van der Waals surface area contributed by atoms with Gasteiger partial charge in [-0.25, -0.2) is 8.42 Å². The van der Waals surface area contributed by atoms with Gasteiger partial charge in [0.15, 0.2) is 0 Å². The fraction of sp³-hybridized carbons (Fsp3) is 0.308. The van der Waals surface area contributed by atoms with E-state index in [0.717, 1.165) is 5.39 Å². The van der Waals surface area contributed by atoms with E-state index in [1.54, 1.807) is 30.6 Å². The third kappa shape index (κ3) is 2.22. The molecule has 1 fully saturated rings. The van der Waals surface area contributed by atoms with E-state index in [4.69, 9.17) is 11.6 Å². The normalized spacial score (nSPS) is 21.0. The lowest BCUT2D eigenvalue weighted by atomic mass is 10.2. The lowest BCUT2D eigenvalue weighted by Crippen LogP contribution is -2.29. The first kappa shape index (κ1) is 12.8. The second kappa shape index (κ2) is 4.74. The molecule has 0 bridgehead atoms. The van der Waals surface area contributed by atoms with Crippen LogP contribution in [0.1, 0.15) is 6.42 Å². The molecule has 0 N–H and O–H groups in total. The standard InChI is InChI=1S/C13H13ClN2O2S/c14-11-5-7-16(9-11)19(17,18)13-3-1-2-10-8-15-6-4-12(10)13/h1-4,6,8,11H,5,7,9H2. The minimum Gasteiger partial charge on any atom is -0.264 e. The Balaban J connectivity index is 2.14. The summed E-state index contributed by atoms with van der Waals surface area (Å²) in [6, 6.07) is 6.97. The molecule has 1 aliphatic heterocycles. The van der Waals surface area contributed by atoms with Crippen LogP contribution in [0.3, 0.4) is 0 Å². The second-order valence-electron chi connectivity index (χ2n) is 4.60. The summed E-state index contributed by atoms with van der Waals surface area (Å²) in [6.07, 6.45) is 3.98. The van der Waals surface area contributed by atoms with E-state index in [0.29, 0.717) is 29.8 Å². The highest BCUT2D eigenvalue weighted by molar-refractivity contribution is 7.89. The number of aromatic nitrogens is 1. The molecule has 6 heteroatoms. The molecule has 3 rings (SSSR count). The Labute approximate surface area is 117 Å². The number of rotatable bonds is 2. The van der Waals surface area contributed by atoms with Crippen molar-refractivity contribution in [1.29, 1.82) is 0 Å². The third-order valence-electron chi connectivity index (χ3n) is 3.35. The first-order chi connectivity index (χ1) is 9.09. The Morgan fingerprint density at radius 3 is 2.89 bits per heavy atom. The lowest BCUT2D eigenvalue weighted by molar-refractivity contribution is 0.478. The van der Waals surface area contributed by atoms with E-state index >= 15 is 0 Å². The van der Waals surface area contributed by atoms with E-state index in [9.17, 15) is 8.42 Å². The quantitative estimate of drug-likeness (QED) is 0.799. The Hall–Kier alpha value is -1.17. The second-order valence-corrected chi connectivity index (χ2v) is 7.13. The van der Waals surface area contributed by atoms with Crippen molar-refractivity contribution in [2.24, 2.45) is 0 Å². The molecule has 0 amide bonds. The molecule has 0 aliphatic carbocycles. The summed E-state index contributed by atoms with van der Waals surface area (Å²) in [5.41, 5.74) is 0. The van der Waals surface area contributed by atoms with E-state index in [2.05, 4.69) is 4.98 Å². The maximum atomic E-state index is 12.6. The van der Waals surface area contributed by atoms with Gasteiger partial charge in [0.25, 0.3) is 0 Å². The van der Waals surface area contributed by atoms with E-state index in [1.807, 2.05) is 6.07 Å². The molecule has 1 aromatic heterocycles.